The van der Waals surface area contributed by atoms with Gasteiger partial charge in [0.15, 0.2) is 5.96 Å². The first-order chi connectivity index (χ1) is 14.5. The highest BCUT2D eigenvalue weighted by atomic mass is 35.5. The highest BCUT2D eigenvalue weighted by Gasteiger charge is 2.59. The van der Waals surface area contributed by atoms with Crippen LogP contribution in [-0.4, -0.2) is 48.9 Å². The number of fused-ring (bicyclic) bond motifs is 5. The molecule has 4 aliphatic rings. The fraction of sp³-hybridized carbons (Fsp3) is 0.500. The summed E-state index contributed by atoms with van der Waals surface area (Å²) in [6.45, 7) is 0.731. The molecule has 3 aliphatic carbocycles. The number of carbonyl (C=O) groups excluding carboxylic acids is 2. The number of hydrogen-bond donors (Lipinski definition) is 2. The van der Waals surface area contributed by atoms with E-state index in [9.17, 15) is 14.0 Å². The van der Waals surface area contributed by atoms with Crippen LogP contribution < -0.4 is 10.6 Å². The van der Waals surface area contributed by atoms with Gasteiger partial charge in [-0.3, -0.25) is 19.5 Å². The van der Waals surface area contributed by atoms with E-state index in [2.05, 4.69) is 27.8 Å². The quantitative estimate of drug-likeness (QED) is 0.325. The lowest BCUT2D eigenvalue weighted by atomic mass is 9.85. The third-order valence-electron chi connectivity index (χ3n) is 6.90. The molecule has 6 atom stereocenters. The van der Waals surface area contributed by atoms with Gasteiger partial charge in [0.25, 0.3) is 0 Å². The van der Waals surface area contributed by atoms with Gasteiger partial charge in [-0.15, -0.1) is 0 Å². The van der Waals surface area contributed by atoms with Crippen molar-refractivity contribution in [3.05, 3.63) is 46.8 Å². The van der Waals surface area contributed by atoms with Gasteiger partial charge in [-0.2, -0.15) is 0 Å². The second kappa shape index (κ2) is 7.38. The minimum Gasteiger partial charge on any atom is -0.355 e. The second-order valence-corrected chi connectivity index (χ2v) is 8.96. The summed E-state index contributed by atoms with van der Waals surface area (Å²) in [6.07, 6.45) is 5.89. The summed E-state index contributed by atoms with van der Waals surface area (Å²) >= 11 is 6.16. The van der Waals surface area contributed by atoms with Gasteiger partial charge in [0.05, 0.1) is 11.8 Å². The van der Waals surface area contributed by atoms with Crippen molar-refractivity contribution < 1.29 is 14.0 Å². The zero-order valence-electron chi connectivity index (χ0n) is 16.6. The molecule has 158 valence electrons. The normalized spacial score (nSPS) is 34.0. The molecule has 2 bridgehead atoms. The molecule has 1 aromatic carbocycles. The molecule has 1 aromatic rings. The number of guanidine groups is 1. The zero-order chi connectivity index (χ0) is 21.0. The van der Waals surface area contributed by atoms with Crippen molar-refractivity contribution in [2.45, 2.75) is 24.8 Å². The SMILES string of the molecule is CN=C(NCCN1C(=O)C2C3C=CC(C3)C2C1=O)NC1CC1c1c(F)cccc1Cl. The monoisotopic (exact) mass is 430 g/mol. The largest absolute Gasteiger partial charge is 0.355 e. The molecule has 8 heteroatoms. The lowest BCUT2D eigenvalue weighted by Crippen LogP contribution is -2.44. The molecule has 2 N–H and O–H groups in total. The summed E-state index contributed by atoms with van der Waals surface area (Å²) in [6, 6.07) is 4.76. The molecular weight excluding hydrogens is 407 g/mol. The molecule has 1 aliphatic heterocycles. The Kier molecular flexibility index (Phi) is 4.81. The van der Waals surface area contributed by atoms with Crippen LogP contribution in [0.1, 0.15) is 24.3 Å². The highest BCUT2D eigenvalue weighted by molar-refractivity contribution is 6.31. The van der Waals surface area contributed by atoms with E-state index in [0.717, 1.165) is 12.8 Å². The van der Waals surface area contributed by atoms with E-state index in [0.29, 0.717) is 29.6 Å². The number of halogens is 2. The third-order valence-corrected chi connectivity index (χ3v) is 7.23. The van der Waals surface area contributed by atoms with E-state index in [1.807, 2.05) is 0 Å². The van der Waals surface area contributed by atoms with E-state index in [1.165, 1.54) is 11.0 Å². The van der Waals surface area contributed by atoms with Crippen LogP contribution in [0.3, 0.4) is 0 Å². The minimum atomic E-state index is -0.292. The van der Waals surface area contributed by atoms with E-state index in [1.54, 1.807) is 19.2 Å². The average Bonchev–Trinajstić information content (AvgIpc) is 3.06. The Bertz CT molecular complexity index is 914. The van der Waals surface area contributed by atoms with Crippen LogP contribution in [0, 0.1) is 29.5 Å². The molecule has 6 nitrogen and oxygen atoms in total. The number of amides is 2. The van der Waals surface area contributed by atoms with Crippen LogP contribution in [0.5, 0.6) is 0 Å². The first-order valence-corrected chi connectivity index (χ1v) is 10.8. The molecule has 0 radical (unpaired) electrons. The fourth-order valence-corrected chi connectivity index (χ4v) is 5.68. The fourth-order valence-electron chi connectivity index (χ4n) is 5.38. The smallest absolute Gasteiger partial charge is 0.233 e. The van der Waals surface area contributed by atoms with Crippen molar-refractivity contribution in [1.82, 2.24) is 15.5 Å². The van der Waals surface area contributed by atoms with Crippen LogP contribution in [0.15, 0.2) is 35.3 Å². The lowest BCUT2D eigenvalue weighted by molar-refractivity contribution is -0.140. The minimum absolute atomic E-state index is 0.00124. The van der Waals surface area contributed by atoms with E-state index in [4.69, 9.17) is 11.6 Å². The number of allylic oxidation sites excluding steroid dienone is 2. The van der Waals surface area contributed by atoms with Gasteiger partial charge in [0.2, 0.25) is 11.8 Å². The molecule has 2 saturated carbocycles. The third kappa shape index (κ3) is 3.11. The van der Waals surface area contributed by atoms with Gasteiger partial charge in [0.1, 0.15) is 5.82 Å². The van der Waals surface area contributed by atoms with Crippen molar-refractivity contribution in [2.24, 2.45) is 28.7 Å². The molecular formula is C22H24ClFN4O2. The number of rotatable bonds is 5. The first-order valence-electron chi connectivity index (χ1n) is 10.4. The Morgan fingerprint density at radius 1 is 1.20 bits per heavy atom. The summed E-state index contributed by atoms with van der Waals surface area (Å²) in [5.41, 5.74) is 0.537. The van der Waals surface area contributed by atoms with E-state index >= 15 is 0 Å². The number of imide groups is 1. The van der Waals surface area contributed by atoms with Crippen molar-refractivity contribution in [1.29, 1.82) is 0 Å². The molecule has 5 rings (SSSR count). The van der Waals surface area contributed by atoms with Crippen molar-refractivity contribution in [2.75, 3.05) is 20.1 Å². The van der Waals surface area contributed by atoms with E-state index < -0.39 is 0 Å². The molecule has 2 amide bonds. The molecule has 1 heterocycles. The highest BCUT2D eigenvalue weighted by Crippen LogP contribution is 2.52. The van der Waals surface area contributed by atoms with Crippen LogP contribution in [0.4, 0.5) is 4.39 Å². The Hall–Kier alpha value is -2.41. The number of likely N-dealkylation sites (tertiary alicyclic amines) is 1. The van der Waals surface area contributed by atoms with Gasteiger partial charge in [-0.05, 0) is 36.8 Å². The predicted octanol–water partition coefficient (Wildman–Crippen LogP) is 2.31. The summed E-state index contributed by atoms with van der Waals surface area (Å²) in [5, 5.41) is 6.87. The Labute approximate surface area is 179 Å². The molecule has 30 heavy (non-hydrogen) atoms. The van der Waals surface area contributed by atoms with Gasteiger partial charge in [-0.25, -0.2) is 4.39 Å². The first kappa shape index (κ1) is 19.5. The van der Waals surface area contributed by atoms with Crippen LogP contribution in [-0.2, 0) is 9.59 Å². The maximum absolute atomic E-state index is 14.1. The van der Waals surface area contributed by atoms with Crippen molar-refractivity contribution in [3.63, 3.8) is 0 Å². The molecule has 0 spiro atoms. The maximum Gasteiger partial charge on any atom is 0.233 e. The summed E-state index contributed by atoms with van der Waals surface area (Å²) in [7, 11) is 1.66. The Morgan fingerprint density at radius 2 is 1.90 bits per heavy atom. The molecule has 0 aromatic heterocycles. The zero-order valence-corrected chi connectivity index (χ0v) is 17.4. The lowest BCUT2D eigenvalue weighted by Gasteiger charge is -2.18. The molecule has 1 saturated heterocycles. The number of nitrogens with one attached hydrogen (secondary N) is 2. The Balaban J connectivity index is 1.14. The average molecular weight is 431 g/mol. The van der Waals surface area contributed by atoms with Crippen LogP contribution >= 0.6 is 11.6 Å². The molecule has 3 fully saturated rings. The van der Waals surface area contributed by atoms with Crippen molar-refractivity contribution in [3.8, 4) is 0 Å². The van der Waals surface area contributed by atoms with Gasteiger partial charge in [-0.1, -0.05) is 29.8 Å². The topological polar surface area (TPSA) is 73.8 Å². The number of aliphatic imine (C=N–C) groups is 1. The van der Waals surface area contributed by atoms with Crippen LogP contribution in [0.25, 0.3) is 0 Å². The van der Waals surface area contributed by atoms with Gasteiger partial charge in [0, 0.05) is 42.7 Å². The van der Waals surface area contributed by atoms with Crippen LogP contribution in [0.2, 0.25) is 5.02 Å². The van der Waals surface area contributed by atoms with Gasteiger partial charge < -0.3 is 10.6 Å². The number of nitrogens with zero attached hydrogens (tertiary/aromatic N) is 2. The molecule has 6 unspecified atom stereocenters. The van der Waals surface area contributed by atoms with Gasteiger partial charge >= 0.3 is 0 Å². The van der Waals surface area contributed by atoms with E-state index in [-0.39, 0.29) is 53.3 Å². The number of benzene rings is 1. The second-order valence-electron chi connectivity index (χ2n) is 8.56. The van der Waals surface area contributed by atoms with Crippen molar-refractivity contribution >= 4 is 29.4 Å². The standard InChI is InChI=1S/C22H24ClFN4O2/c1-25-22(27-16-10-13(16)19-14(23)3-2-4-15(19)24)26-7-8-28-20(29)17-11-5-6-12(9-11)18(17)21(28)30/h2-6,11-13,16-18H,7-10H2,1H3,(H2,25,26,27). The number of carbonyl (C=O) groups is 2. The summed E-state index contributed by atoms with van der Waals surface area (Å²) in [5.74, 6) is 0.315. The number of hydrogen-bond acceptors (Lipinski definition) is 3. The summed E-state index contributed by atoms with van der Waals surface area (Å²) in [4.78, 5) is 31.1. The maximum atomic E-state index is 14.1. The summed E-state index contributed by atoms with van der Waals surface area (Å²) < 4.78 is 14.1. The predicted molar refractivity (Wildman–Crippen MR) is 111 cm³/mol. The Morgan fingerprint density at radius 3 is 2.53 bits per heavy atom.